The number of hydrogen-bond acceptors (Lipinski definition) is 1. The Hall–Kier alpha value is -1.47. The van der Waals surface area contributed by atoms with Gasteiger partial charge in [-0.25, -0.2) is 0 Å². The molecule has 120 valence electrons. The molecule has 0 aromatic carbocycles. The minimum Gasteiger partial charge on any atom is -0.263 e. The highest BCUT2D eigenvalue weighted by Crippen LogP contribution is 2.43. The minimum atomic E-state index is -4.92. The van der Waals surface area contributed by atoms with Gasteiger partial charge in [0.1, 0.15) is 5.69 Å². The molecule has 0 saturated heterocycles. The predicted octanol–water partition coefficient (Wildman–Crippen LogP) is 4.92. The zero-order chi connectivity index (χ0) is 16.4. The van der Waals surface area contributed by atoms with Gasteiger partial charge in [0, 0.05) is 12.6 Å². The van der Waals surface area contributed by atoms with Crippen LogP contribution in [0.3, 0.4) is 0 Å². The molecule has 0 saturated carbocycles. The standard InChI is InChI=1S/C13H16F6N2/c1-4-6-7-8(5-2)9-10(12(14,15)16)20-21(3)11(9)13(17,18)19/h4,6,8H,5,7H2,1-3H3/b6-4-. The SMILES string of the molecule is C/C=C\CC(CC)c1c(C(F)(F)F)nn(C)c1C(F)(F)F. The first-order valence-corrected chi connectivity index (χ1v) is 6.36. The summed E-state index contributed by atoms with van der Waals surface area (Å²) in [5.41, 5.74) is -3.54. The van der Waals surface area contributed by atoms with Crippen molar-refractivity contribution in [1.29, 1.82) is 0 Å². The van der Waals surface area contributed by atoms with Gasteiger partial charge in [0.15, 0.2) is 5.69 Å². The van der Waals surface area contributed by atoms with E-state index >= 15 is 0 Å². The molecule has 1 atom stereocenters. The smallest absolute Gasteiger partial charge is 0.263 e. The number of alkyl halides is 6. The third kappa shape index (κ3) is 3.79. The first-order valence-electron chi connectivity index (χ1n) is 6.36. The van der Waals surface area contributed by atoms with Crippen molar-refractivity contribution < 1.29 is 26.3 Å². The Morgan fingerprint density at radius 3 is 2.10 bits per heavy atom. The molecule has 0 radical (unpaired) electrons. The Balaban J connectivity index is 3.56. The molecule has 0 bridgehead atoms. The third-order valence-electron chi connectivity index (χ3n) is 3.18. The molecule has 2 nitrogen and oxygen atoms in total. The topological polar surface area (TPSA) is 17.8 Å². The highest BCUT2D eigenvalue weighted by molar-refractivity contribution is 5.34. The van der Waals surface area contributed by atoms with Gasteiger partial charge in [-0.05, 0) is 25.7 Å². The van der Waals surface area contributed by atoms with Gasteiger partial charge in [0.2, 0.25) is 0 Å². The quantitative estimate of drug-likeness (QED) is 0.570. The van der Waals surface area contributed by atoms with Crippen LogP contribution in [0.1, 0.15) is 49.6 Å². The van der Waals surface area contributed by atoms with Crippen LogP contribution >= 0.6 is 0 Å². The average molecular weight is 314 g/mol. The Labute approximate surface area is 118 Å². The summed E-state index contributed by atoms with van der Waals surface area (Å²) in [4.78, 5) is 0. The molecule has 0 aliphatic heterocycles. The van der Waals surface area contributed by atoms with E-state index < -0.39 is 35.2 Å². The second-order valence-corrected chi connectivity index (χ2v) is 4.64. The van der Waals surface area contributed by atoms with Crippen LogP contribution in [0.25, 0.3) is 0 Å². The fraction of sp³-hybridized carbons (Fsp3) is 0.615. The average Bonchev–Trinajstić information content (AvgIpc) is 2.67. The second-order valence-electron chi connectivity index (χ2n) is 4.64. The van der Waals surface area contributed by atoms with Gasteiger partial charge in [-0.3, -0.25) is 4.68 Å². The van der Waals surface area contributed by atoms with Crippen LogP contribution in [-0.4, -0.2) is 9.78 Å². The number of rotatable bonds is 4. The van der Waals surface area contributed by atoms with Gasteiger partial charge in [-0.1, -0.05) is 19.1 Å². The number of aryl methyl sites for hydroxylation is 1. The van der Waals surface area contributed by atoms with Crippen molar-refractivity contribution >= 4 is 0 Å². The molecule has 1 heterocycles. The lowest BCUT2D eigenvalue weighted by Crippen LogP contribution is -2.17. The predicted molar refractivity (Wildman–Crippen MR) is 65.7 cm³/mol. The van der Waals surface area contributed by atoms with E-state index in [0.717, 1.165) is 7.05 Å². The molecule has 21 heavy (non-hydrogen) atoms. The van der Waals surface area contributed by atoms with Crippen LogP contribution in [0.2, 0.25) is 0 Å². The van der Waals surface area contributed by atoms with E-state index in [1.807, 2.05) is 0 Å². The molecule has 0 N–H and O–H groups in total. The van der Waals surface area contributed by atoms with Crippen molar-refractivity contribution in [3.05, 3.63) is 29.1 Å². The van der Waals surface area contributed by atoms with Gasteiger partial charge in [0.25, 0.3) is 0 Å². The molecule has 1 aromatic heterocycles. The number of nitrogens with zero attached hydrogens (tertiary/aromatic N) is 2. The summed E-state index contributed by atoms with van der Waals surface area (Å²) in [5.74, 6) is -0.886. The first kappa shape index (κ1) is 17.6. The van der Waals surface area contributed by atoms with Crippen LogP contribution in [0.4, 0.5) is 26.3 Å². The lowest BCUT2D eigenvalue weighted by atomic mass is 9.90. The van der Waals surface area contributed by atoms with E-state index in [2.05, 4.69) is 5.10 Å². The minimum absolute atomic E-state index is 0.102. The summed E-state index contributed by atoms with van der Waals surface area (Å²) in [7, 11) is 0.879. The van der Waals surface area contributed by atoms with Crippen LogP contribution in [0.5, 0.6) is 0 Å². The molecule has 0 fully saturated rings. The van der Waals surface area contributed by atoms with Crippen LogP contribution in [0, 0.1) is 0 Å². The molecule has 0 aliphatic carbocycles. The Morgan fingerprint density at radius 1 is 1.14 bits per heavy atom. The van der Waals surface area contributed by atoms with E-state index in [0.29, 0.717) is 0 Å². The maximum Gasteiger partial charge on any atom is 0.435 e. The molecular weight excluding hydrogens is 298 g/mol. The van der Waals surface area contributed by atoms with Crippen LogP contribution in [-0.2, 0) is 19.4 Å². The van der Waals surface area contributed by atoms with Crippen LogP contribution in [0.15, 0.2) is 12.2 Å². The Kier molecular flexibility index (Phi) is 5.11. The first-order chi connectivity index (χ1) is 9.54. The van der Waals surface area contributed by atoms with Crippen LogP contribution < -0.4 is 0 Å². The van der Waals surface area contributed by atoms with Gasteiger partial charge in [0.05, 0.1) is 0 Å². The lowest BCUT2D eigenvalue weighted by molar-refractivity contribution is -0.145. The molecule has 1 unspecified atom stereocenters. The molecule has 0 aliphatic rings. The van der Waals surface area contributed by atoms with E-state index in [1.165, 1.54) is 0 Å². The highest BCUT2D eigenvalue weighted by atomic mass is 19.4. The van der Waals surface area contributed by atoms with Crippen molar-refractivity contribution in [3.63, 3.8) is 0 Å². The molecule has 1 aromatic rings. The fourth-order valence-electron chi connectivity index (χ4n) is 2.26. The van der Waals surface area contributed by atoms with Crippen molar-refractivity contribution in [2.45, 2.75) is 45.0 Å². The number of hydrogen-bond donors (Lipinski definition) is 0. The van der Waals surface area contributed by atoms with Crippen molar-refractivity contribution in [1.82, 2.24) is 9.78 Å². The van der Waals surface area contributed by atoms with Gasteiger partial charge in [-0.15, -0.1) is 0 Å². The number of halogens is 6. The maximum absolute atomic E-state index is 13.1. The summed E-state index contributed by atoms with van der Waals surface area (Å²) >= 11 is 0. The molecular formula is C13H16F6N2. The van der Waals surface area contributed by atoms with Gasteiger partial charge >= 0.3 is 12.4 Å². The van der Waals surface area contributed by atoms with Crippen molar-refractivity contribution in [2.75, 3.05) is 0 Å². The highest BCUT2D eigenvalue weighted by Gasteiger charge is 2.47. The molecule has 1 rings (SSSR count). The number of aromatic nitrogens is 2. The Morgan fingerprint density at radius 2 is 1.71 bits per heavy atom. The van der Waals surface area contributed by atoms with E-state index in [4.69, 9.17) is 0 Å². The fourth-order valence-corrected chi connectivity index (χ4v) is 2.26. The van der Waals surface area contributed by atoms with Gasteiger partial charge < -0.3 is 0 Å². The summed E-state index contributed by atoms with van der Waals surface area (Å²) in [5, 5.41) is 3.07. The second kappa shape index (κ2) is 6.11. The summed E-state index contributed by atoms with van der Waals surface area (Å²) in [6.07, 6.45) is -6.39. The molecule has 0 spiro atoms. The van der Waals surface area contributed by atoms with Crippen molar-refractivity contribution in [3.8, 4) is 0 Å². The largest absolute Gasteiger partial charge is 0.435 e. The lowest BCUT2D eigenvalue weighted by Gasteiger charge is -2.18. The Bertz CT molecular complexity index is 510. The zero-order valence-electron chi connectivity index (χ0n) is 11.8. The van der Waals surface area contributed by atoms with E-state index in [1.54, 1.807) is 26.0 Å². The normalized spacial score (nSPS) is 14.9. The zero-order valence-corrected chi connectivity index (χ0v) is 11.8. The third-order valence-corrected chi connectivity index (χ3v) is 3.18. The summed E-state index contributed by atoms with van der Waals surface area (Å²) in [6.45, 7) is 3.22. The molecule has 8 heteroatoms. The number of allylic oxidation sites excluding steroid dienone is 2. The monoisotopic (exact) mass is 314 g/mol. The summed E-state index contributed by atoms with van der Waals surface area (Å²) in [6, 6.07) is 0. The van der Waals surface area contributed by atoms with E-state index in [-0.39, 0.29) is 17.5 Å². The molecule has 0 amide bonds. The maximum atomic E-state index is 13.1. The van der Waals surface area contributed by atoms with Gasteiger partial charge in [-0.2, -0.15) is 31.4 Å². The van der Waals surface area contributed by atoms with E-state index in [9.17, 15) is 26.3 Å². The summed E-state index contributed by atoms with van der Waals surface area (Å²) < 4.78 is 78.5. The van der Waals surface area contributed by atoms with Crippen molar-refractivity contribution in [2.24, 2.45) is 7.05 Å².